The summed E-state index contributed by atoms with van der Waals surface area (Å²) in [6.45, 7) is 4.92. The Labute approximate surface area is 224 Å². The van der Waals surface area contributed by atoms with Gasteiger partial charge in [-0.25, -0.2) is 0 Å². The van der Waals surface area contributed by atoms with Gasteiger partial charge in [-0.15, -0.1) is 0 Å². The highest BCUT2D eigenvalue weighted by Crippen LogP contribution is 2.33. The van der Waals surface area contributed by atoms with Crippen molar-refractivity contribution in [3.8, 4) is 17.2 Å². The summed E-state index contributed by atoms with van der Waals surface area (Å²) in [5, 5.41) is 3.05. The standard InChI is InChI=1S/C29H37N3O6/c1-19(2)29(35)32-13-12-23-26(16-32)37-18-21-6-5-7-22(14-21)38-24-10-8-20(15-25(24)36-4)9-11-28(34)31(3)17-27(33)30-23/h5-8,10,14-15,19,23,26H,9,11-13,16-18H2,1-4H3,(H,30,33)/t23-,26-/m0/s1. The topological polar surface area (TPSA) is 97.4 Å². The Morgan fingerprint density at radius 1 is 1.11 bits per heavy atom. The zero-order valence-corrected chi connectivity index (χ0v) is 22.6. The molecule has 0 saturated carbocycles. The normalized spacial score (nSPS) is 21.1. The van der Waals surface area contributed by atoms with Gasteiger partial charge in [-0.2, -0.15) is 0 Å². The van der Waals surface area contributed by atoms with Gasteiger partial charge in [0.05, 0.1) is 32.4 Å². The molecule has 3 heterocycles. The third-order valence-corrected chi connectivity index (χ3v) is 6.96. The molecule has 1 saturated heterocycles. The molecule has 204 valence electrons. The molecule has 38 heavy (non-hydrogen) atoms. The molecular formula is C29H37N3O6. The number of hydrogen-bond acceptors (Lipinski definition) is 6. The highest BCUT2D eigenvalue weighted by Gasteiger charge is 2.34. The van der Waals surface area contributed by atoms with Crippen LogP contribution >= 0.6 is 0 Å². The average molecular weight is 524 g/mol. The Hall–Kier alpha value is -3.59. The van der Waals surface area contributed by atoms with E-state index in [0.29, 0.717) is 43.2 Å². The summed E-state index contributed by atoms with van der Waals surface area (Å²) in [6.07, 6.45) is 0.949. The SMILES string of the molecule is COc1cc2ccc1Oc1cccc(c1)CO[C@H]1CN(C(=O)C(C)C)CC[C@@H]1NC(=O)CN(C)C(=O)CC2. The van der Waals surface area contributed by atoms with Crippen molar-refractivity contribution in [2.75, 3.05) is 33.8 Å². The van der Waals surface area contributed by atoms with Crippen LogP contribution in [0.5, 0.6) is 17.2 Å². The molecule has 1 N–H and O–H groups in total. The van der Waals surface area contributed by atoms with Gasteiger partial charge in [0.2, 0.25) is 17.7 Å². The van der Waals surface area contributed by atoms with Crippen LogP contribution in [0.15, 0.2) is 42.5 Å². The van der Waals surface area contributed by atoms with Crippen molar-refractivity contribution in [2.45, 2.75) is 51.9 Å². The Bertz CT molecular complexity index is 1170. The van der Waals surface area contributed by atoms with Crippen LogP contribution in [0.2, 0.25) is 0 Å². The van der Waals surface area contributed by atoms with Crippen molar-refractivity contribution in [1.29, 1.82) is 0 Å². The number of nitrogens with one attached hydrogen (secondary N) is 1. The average Bonchev–Trinajstić information content (AvgIpc) is 2.90. The van der Waals surface area contributed by atoms with Crippen LogP contribution in [0.25, 0.3) is 0 Å². The van der Waals surface area contributed by atoms with Gasteiger partial charge in [-0.3, -0.25) is 14.4 Å². The zero-order chi connectivity index (χ0) is 27.2. The van der Waals surface area contributed by atoms with E-state index in [1.54, 1.807) is 19.1 Å². The van der Waals surface area contributed by atoms with E-state index in [1.165, 1.54) is 4.90 Å². The number of hydrogen-bond donors (Lipinski definition) is 1. The quantitative estimate of drug-likeness (QED) is 0.650. The van der Waals surface area contributed by atoms with E-state index in [9.17, 15) is 14.4 Å². The van der Waals surface area contributed by atoms with Gasteiger partial charge < -0.3 is 29.3 Å². The van der Waals surface area contributed by atoms with Crippen molar-refractivity contribution in [3.05, 3.63) is 53.6 Å². The number of carbonyl (C=O) groups is 3. The number of fused-ring (bicyclic) bond motifs is 9. The number of nitrogens with zero attached hydrogens (tertiary/aromatic N) is 2. The zero-order valence-electron chi connectivity index (χ0n) is 22.6. The first-order chi connectivity index (χ1) is 18.2. The molecule has 2 aromatic rings. The fraction of sp³-hybridized carbons (Fsp3) is 0.483. The summed E-state index contributed by atoms with van der Waals surface area (Å²) in [5.41, 5.74) is 1.84. The fourth-order valence-electron chi connectivity index (χ4n) is 4.79. The number of methoxy groups -OCH3 is 1. The number of amides is 3. The molecule has 9 heteroatoms. The first-order valence-electron chi connectivity index (χ1n) is 13.1. The van der Waals surface area contributed by atoms with Crippen LogP contribution in [0, 0.1) is 5.92 Å². The Balaban J connectivity index is 1.60. The highest BCUT2D eigenvalue weighted by molar-refractivity contribution is 5.85. The first kappa shape index (κ1) is 27.4. The van der Waals surface area contributed by atoms with Crippen LogP contribution in [-0.2, 0) is 32.1 Å². The number of aryl methyl sites for hydroxylation is 1. The summed E-state index contributed by atoms with van der Waals surface area (Å²) in [7, 11) is 3.21. The van der Waals surface area contributed by atoms with E-state index in [-0.39, 0.29) is 49.3 Å². The molecule has 3 amide bonds. The minimum Gasteiger partial charge on any atom is -0.493 e. The van der Waals surface area contributed by atoms with Gasteiger partial charge in [-0.1, -0.05) is 32.0 Å². The third-order valence-electron chi connectivity index (χ3n) is 6.96. The van der Waals surface area contributed by atoms with Crippen molar-refractivity contribution >= 4 is 17.7 Å². The van der Waals surface area contributed by atoms with Gasteiger partial charge in [-0.05, 0) is 48.2 Å². The number of piperidine rings is 1. The lowest BCUT2D eigenvalue weighted by molar-refractivity contribution is -0.141. The van der Waals surface area contributed by atoms with Crippen LogP contribution in [0.4, 0.5) is 0 Å². The molecule has 0 unspecified atom stereocenters. The minimum absolute atomic E-state index is 0.0468. The number of likely N-dealkylation sites (tertiary alicyclic amines) is 1. The van der Waals surface area contributed by atoms with Crippen LogP contribution < -0.4 is 14.8 Å². The highest BCUT2D eigenvalue weighted by atomic mass is 16.5. The van der Waals surface area contributed by atoms with Crippen molar-refractivity contribution in [1.82, 2.24) is 15.1 Å². The van der Waals surface area contributed by atoms with Crippen molar-refractivity contribution in [2.24, 2.45) is 5.92 Å². The first-order valence-corrected chi connectivity index (χ1v) is 13.1. The third kappa shape index (κ3) is 6.83. The molecule has 3 aliphatic rings. The maximum absolute atomic E-state index is 12.9. The maximum Gasteiger partial charge on any atom is 0.239 e. The summed E-state index contributed by atoms with van der Waals surface area (Å²) in [4.78, 5) is 41.6. The fourth-order valence-corrected chi connectivity index (χ4v) is 4.79. The summed E-state index contributed by atoms with van der Waals surface area (Å²) in [6, 6.07) is 12.9. The Morgan fingerprint density at radius 2 is 1.92 bits per heavy atom. The number of benzene rings is 2. The molecule has 2 aromatic carbocycles. The lowest BCUT2D eigenvalue weighted by Gasteiger charge is -2.39. The second-order valence-corrected chi connectivity index (χ2v) is 10.2. The number of ether oxygens (including phenoxy) is 3. The molecule has 1 fully saturated rings. The lowest BCUT2D eigenvalue weighted by Crippen LogP contribution is -2.57. The second-order valence-electron chi connectivity index (χ2n) is 10.2. The molecule has 2 atom stereocenters. The second kappa shape index (κ2) is 12.3. The summed E-state index contributed by atoms with van der Waals surface area (Å²) >= 11 is 0. The van der Waals surface area contributed by atoms with Crippen molar-refractivity contribution in [3.63, 3.8) is 0 Å². The predicted molar refractivity (Wildman–Crippen MR) is 142 cm³/mol. The molecule has 0 radical (unpaired) electrons. The minimum atomic E-state index is -0.393. The van der Waals surface area contributed by atoms with Crippen LogP contribution in [0.1, 0.15) is 37.8 Å². The molecule has 0 spiro atoms. The Morgan fingerprint density at radius 3 is 2.68 bits per heavy atom. The molecule has 3 aliphatic heterocycles. The van der Waals surface area contributed by atoms with Gasteiger partial charge >= 0.3 is 0 Å². The van der Waals surface area contributed by atoms with Crippen LogP contribution in [0.3, 0.4) is 0 Å². The van der Waals surface area contributed by atoms with Gasteiger partial charge in [0, 0.05) is 32.5 Å². The van der Waals surface area contributed by atoms with Gasteiger partial charge in [0.15, 0.2) is 11.5 Å². The van der Waals surface area contributed by atoms with E-state index in [4.69, 9.17) is 14.2 Å². The smallest absolute Gasteiger partial charge is 0.239 e. The number of likely N-dealkylation sites (N-methyl/N-ethyl adjacent to an activating group) is 1. The molecule has 9 nitrogen and oxygen atoms in total. The number of carbonyl (C=O) groups excluding carboxylic acids is 3. The van der Waals surface area contributed by atoms with E-state index < -0.39 is 6.10 Å². The molecule has 4 bridgehead atoms. The molecular weight excluding hydrogens is 486 g/mol. The Kier molecular flexibility index (Phi) is 8.89. The molecule has 0 aliphatic carbocycles. The largest absolute Gasteiger partial charge is 0.493 e. The van der Waals surface area contributed by atoms with E-state index in [0.717, 1.165) is 11.1 Å². The van der Waals surface area contributed by atoms with Gasteiger partial charge in [0.1, 0.15) is 5.75 Å². The van der Waals surface area contributed by atoms with E-state index >= 15 is 0 Å². The van der Waals surface area contributed by atoms with E-state index in [2.05, 4.69) is 5.32 Å². The predicted octanol–water partition coefficient (Wildman–Crippen LogP) is 3.15. The lowest BCUT2D eigenvalue weighted by atomic mass is 9.99. The monoisotopic (exact) mass is 523 g/mol. The molecule has 0 aromatic heterocycles. The van der Waals surface area contributed by atoms with E-state index in [1.807, 2.05) is 56.3 Å². The van der Waals surface area contributed by atoms with Gasteiger partial charge in [0.25, 0.3) is 0 Å². The maximum atomic E-state index is 12.9. The molecule has 5 rings (SSSR count). The summed E-state index contributed by atoms with van der Waals surface area (Å²) < 4.78 is 18.0. The number of rotatable bonds is 2. The summed E-state index contributed by atoms with van der Waals surface area (Å²) in [5.74, 6) is 1.35. The van der Waals surface area contributed by atoms with Crippen molar-refractivity contribution < 1.29 is 28.6 Å². The van der Waals surface area contributed by atoms with Crippen LogP contribution in [-0.4, -0.2) is 73.5 Å².